The first-order valence-electron chi connectivity index (χ1n) is 5.80. The zero-order valence-electron chi connectivity index (χ0n) is 11.0. The lowest BCUT2D eigenvalue weighted by atomic mass is 10.2. The van der Waals surface area contributed by atoms with Crippen LogP contribution < -0.4 is 4.72 Å². The minimum atomic E-state index is -4.26. The molecule has 1 aromatic rings. The van der Waals surface area contributed by atoms with E-state index >= 15 is 0 Å². The first kappa shape index (κ1) is 17.0. The average Bonchev–Trinajstić information content (AvgIpc) is 2.37. The van der Waals surface area contributed by atoms with E-state index in [2.05, 4.69) is 0 Å². The fraction of sp³-hybridized carbons (Fsp3) is 0.364. The Morgan fingerprint density at radius 2 is 2.10 bits per heavy atom. The molecular weight excluding hydrogens is 304 g/mol. The second kappa shape index (κ2) is 6.61. The van der Waals surface area contributed by atoms with Crippen molar-refractivity contribution in [3.8, 4) is 0 Å². The third-order valence-corrected chi connectivity index (χ3v) is 4.30. The highest BCUT2D eigenvalue weighted by molar-refractivity contribution is 7.89. The van der Waals surface area contributed by atoms with Gasteiger partial charge < -0.3 is 10.2 Å². The molecule has 1 rings (SSSR count). The molecular formula is C11H14N2O7S. The lowest BCUT2D eigenvalue weighted by molar-refractivity contribution is -0.385. The Morgan fingerprint density at radius 3 is 2.57 bits per heavy atom. The van der Waals surface area contributed by atoms with Crippen molar-refractivity contribution in [2.45, 2.75) is 24.3 Å². The first-order valence-corrected chi connectivity index (χ1v) is 7.28. The summed E-state index contributed by atoms with van der Waals surface area (Å²) < 4.78 is 26.2. The van der Waals surface area contributed by atoms with Crippen molar-refractivity contribution in [1.82, 2.24) is 4.72 Å². The van der Waals surface area contributed by atoms with Crippen molar-refractivity contribution in [1.29, 1.82) is 0 Å². The maximum atomic E-state index is 12.1. The van der Waals surface area contributed by atoms with E-state index < -0.39 is 39.3 Å². The van der Waals surface area contributed by atoms with Crippen molar-refractivity contribution in [3.63, 3.8) is 0 Å². The number of nitrogens with one attached hydrogen (secondary N) is 1. The molecule has 0 amide bonds. The summed E-state index contributed by atoms with van der Waals surface area (Å²) in [6.45, 7) is 0.910. The number of nitro benzene ring substituents is 1. The van der Waals surface area contributed by atoms with Crippen LogP contribution in [0.1, 0.15) is 12.0 Å². The Hall–Kier alpha value is -2.04. The Morgan fingerprint density at radius 1 is 1.48 bits per heavy atom. The second-order valence-corrected chi connectivity index (χ2v) is 5.91. The third kappa shape index (κ3) is 4.21. The highest BCUT2D eigenvalue weighted by Gasteiger charge is 2.27. The highest BCUT2D eigenvalue weighted by atomic mass is 32.2. The molecule has 1 atom stereocenters. The number of aryl methyl sites for hydroxylation is 1. The summed E-state index contributed by atoms with van der Waals surface area (Å²) in [6, 6.07) is 1.75. The van der Waals surface area contributed by atoms with Gasteiger partial charge in [0, 0.05) is 18.7 Å². The van der Waals surface area contributed by atoms with Gasteiger partial charge in [-0.1, -0.05) is 6.07 Å². The molecule has 1 unspecified atom stereocenters. The number of aliphatic hydroxyl groups excluding tert-OH is 1. The Bertz CT molecular complexity index is 657. The van der Waals surface area contributed by atoms with E-state index in [-0.39, 0.29) is 16.9 Å². The van der Waals surface area contributed by atoms with E-state index in [1.165, 1.54) is 13.0 Å². The number of aliphatic hydroxyl groups is 1. The third-order valence-electron chi connectivity index (χ3n) is 2.69. The number of nitro groups is 1. The topological polar surface area (TPSA) is 147 Å². The predicted molar refractivity (Wildman–Crippen MR) is 71.3 cm³/mol. The molecule has 0 saturated carbocycles. The van der Waals surface area contributed by atoms with Crippen LogP contribution >= 0.6 is 0 Å². The monoisotopic (exact) mass is 318 g/mol. The van der Waals surface area contributed by atoms with Crippen molar-refractivity contribution < 1.29 is 28.3 Å². The fourth-order valence-electron chi connectivity index (χ4n) is 1.60. The summed E-state index contributed by atoms with van der Waals surface area (Å²) in [6.07, 6.45) is -0.317. The number of sulfonamides is 1. The van der Waals surface area contributed by atoms with Crippen molar-refractivity contribution in [3.05, 3.63) is 33.9 Å². The molecule has 3 N–H and O–H groups in total. The van der Waals surface area contributed by atoms with Crippen LogP contribution in [0.15, 0.2) is 23.1 Å². The van der Waals surface area contributed by atoms with Crippen LogP contribution in [-0.4, -0.2) is 42.2 Å². The summed E-state index contributed by atoms with van der Waals surface area (Å²) in [4.78, 5) is 20.5. The maximum absolute atomic E-state index is 12.1. The van der Waals surface area contributed by atoms with E-state index in [4.69, 9.17) is 10.2 Å². The summed E-state index contributed by atoms with van der Waals surface area (Å²) >= 11 is 0. The van der Waals surface area contributed by atoms with Gasteiger partial charge in [0.1, 0.15) is 6.04 Å². The van der Waals surface area contributed by atoms with E-state index in [1.54, 1.807) is 0 Å². The zero-order valence-corrected chi connectivity index (χ0v) is 11.8. The van der Waals surface area contributed by atoms with Gasteiger partial charge in [-0.15, -0.1) is 0 Å². The molecule has 0 heterocycles. The molecule has 9 nitrogen and oxygen atoms in total. The standard InChI is InChI=1S/C11H14N2O7S/c1-7-2-3-8(13(17)18)6-10(7)21(19,20)12-9(4-5-14)11(15)16/h2-3,6,9,12,14H,4-5H2,1H3,(H,15,16). The number of carboxylic acids is 1. The molecule has 0 fully saturated rings. The summed E-state index contributed by atoms with van der Waals surface area (Å²) in [5.41, 5.74) is -0.184. The molecule has 0 radical (unpaired) electrons. The van der Waals surface area contributed by atoms with Gasteiger partial charge in [0.2, 0.25) is 10.0 Å². The molecule has 0 spiro atoms. The van der Waals surface area contributed by atoms with E-state index in [0.717, 1.165) is 12.1 Å². The number of aliphatic carboxylic acids is 1. The highest BCUT2D eigenvalue weighted by Crippen LogP contribution is 2.22. The number of hydrogen-bond acceptors (Lipinski definition) is 6. The van der Waals surface area contributed by atoms with Gasteiger partial charge in [0.15, 0.2) is 0 Å². The van der Waals surface area contributed by atoms with Gasteiger partial charge >= 0.3 is 5.97 Å². The Labute approximate surface area is 120 Å². The van der Waals surface area contributed by atoms with Crippen LogP contribution in [0, 0.1) is 17.0 Å². The first-order chi connectivity index (χ1) is 9.69. The zero-order chi connectivity index (χ0) is 16.2. The lowest BCUT2D eigenvalue weighted by Gasteiger charge is -2.14. The van der Waals surface area contributed by atoms with Crippen LogP contribution in [-0.2, 0) is 14.8 Å². The van der Waals surface area contributed by atoms with E-state index in [9.17, 15) is 23.3 Å². The van der Waals surface area contributed by atoms with Gasteiger partial charge in [-0.05, 0) is 18.9 Å². The quantitative estimate of drug-likeness (QED) is 0.474. The SMILES string of the molecule is Cc1ccc([N+](=O)[O-])cc1S(=O)(=O)NC(CCO)C(=O)O. The van der Waals surface area contributed by atoms with E-state index in [1.807, 2.05) is 4.72 Å². The molecule has 0 aliphatic heterocycles. The molecule has 10 heteroatoms. The molecule has 0 bridgehead atoms. The normalized spacial score (nSPS) is 12.9. The largest absolute Gasteiger partial charge is 0.480 e. The van der Waals surface area contributed by atoms with Gasteiger partial charge in [-0.25, -0.2) is 8.42 Å². The molecule has 21 heavy (non-hydrogen) atoms. The van der Waals surface area contributed by atoms with Crippen LogP contribution in [0.4, 0.5) is 5.69 Å². The number of hydrogen-bond donors (Lipinski definition) is 3. The van der Waals surface area contributed by atoms with Gasteiger partial charge in [0.25, 0.3) is 5.69 Å². The van der Waals surface area contributed by atoms with Gasteiger partial charge in [0.05, 0.1) is 9.82 Å². The summed E-state index contributed by atoms with van der Waals surface area (Å²) in [5, 5.41) is 28.3. The van der Waals surface area contributed by atoms with Crippen molar-refractivity contribution >= 4 is 21.7 Å². The molecule has 116 valence electrons. The number of nitrogens with zero attached hydrogens (tertiary/aromatic N) is 1. The Kier molecular flexibility index (Phi) is 5.35. The van der Waals surface area contributed by atoms with Gasteiger partial charge in [-0.3, -0.25) is 14.9 Å². The summed E-state index contributed by atoms with van der Waals surface area (Å²) in [7, 11) is -4.26. The average molecular weight is 318 g/mol. The lowest BCUT2D eigenvalue weighted by Crippen LogP contribution is -2.41. The molecule has 0 aliphatic rings. The minimum Gasteiger partial charge on any atom is -0.480 e. The van der Waals surface area contributed by atoms with Crippen LogP contribution in [0.5, 0.6) is 0 Å². The molecule has 0 aromatic heterocycles. The van der Waals surface area contributed by atoms with E-state index in [0.29, 0.717) is 0 Å². The van der Waals surface area contributed by atoms with Crippen molar-refractivity contribution in [2.24, 2.45) is 0 Å². The predicted octanol–water partition coefficient (Wildman–Crippen LogP) is 0.0171. The minimum absolute atomic E-state index is 0.237. The van der Waals surface area contributed by atoms with Crippen LogP contribution in [0.3, 0.4) is 0 Å². The fourth-order valence-corrected chi connectivity index (χ4v) is 3.09. The second-order valence-electron chi connectivity index (χ2n) is 4.23. The number of rotatable bonds is 7. The number of non-ortho nitro benzene ring substituents is 1. The van der Waals surface area contributed by atoms with Gasteiger partial charge in [-0.2, -0.15) is 4.72 Å². The number of carbonyl (C=O) groups is 1. The molecule has 0 saturated heterocycles. The van der Waals surface area contributed by atoms with Crippen molar-refractivity contribution in [2.75, 3.05) is 6.61 Å². The maximum Gasteiger partial charge on any atom is 0.321 e. The molecule has 0 aliphatic carbocycles. The smallest absolute Gasteiger partial charge is 0.321 e. The van der Waals surface area contributed by atoms with Crippen LogP contribution in [0.2, 0.25) is 0 Å². The number of benzene rings is 1. The Balaban J connectivity index is 3.21. The number of carboxylic acid groups (broad SMARTS) is 1. The summed E-state index contributed by atoms with van der Waals surface area (Å²) in [5.74, 6) is -1.45. The van der Waals surface area contributed by atoms with Crippen LogP contribution in [0.25, 0.3) is 0 Å². The molecule has 1 aromatic carbocycles.